The van der Waals surface area contributed by atoms with Crippen molar-refractivity contribution < 1.29 is 8.78 Å². The summed E-state index contributed by atoms with van der Waals surface area (Å²) < 4.78 is 26.9. The van der Waals surface area contributed by atoms with Crippen molar-refractivity contribution in [3.05, 3.63) is 35.4 Å². The molecular weight excluding hydrogens is 270 g/mol. The first-order chi connectivity index (χ1) is 10.2. The van der Waals surface area contributed by atoms with Crippen LogP contribution in [-0.2, 0) is 0 Å². The second-order valence-corrected chi connectivity index (χ2v) is 6.54. The third-order valence-corrected chi connectivity index (χ3v) is 5.26. The molecule has 4 heteroatoms. The van der Waals surface area contributed by atoms with Crippen LogP contribution >= 0.6 is 0 Å². The molecule has 0 bridgehead atoms. The lowest BCUT2D eigenvalue weighted by Crippen LogP contribution is -2.45. The van der Waals surface area contributed by atoms with Gasteiger partial charge in [0.25, 0.3) is 0 Å². The highest BCUT2D eigenvalue weighted by Crippen LogP contribution is 2.38. The van der Waals surface area contributed by atoms with Crippen LogP contribution in [0.5, 0.6) is 0 Å². The summed E-state index contributed by atoms with van der Waals surface area (Å²) in [4.78, 5) is 2.33. The van der Waals surface area contributed by atoms with Gasteiger partial charge in [-0.15, -0.1) is 0 Å². The summed E-state index contributed by atoms with van der Waals surface area (Å²) in [7, 11) is 0. The summed E-state index contributed by atoms with van der Waals surface area (Å²) in [5, 5.41) is 0. The van der Waals surface area contributed by atoms with Gasteiger partial charge in [-0.25, -0.2) is 8.78 Å². The van der Waals surface area contributed by atoms with Crippen LogP contribution in [0, 0.1) is 23.5 Å². The SMILES string of the molecule is NCC(c1cc(F)cc(F)c1)N1CCC2CCCCC2C1. The first-order valence-electron chi connectivity index (χ1n) is 8.07. The highest BCUT2D eigenvalue weighted by molar-refractivity contribution is 5.22. The Bertz CT molecular complexity index is 471. The molecule has 1 saturated heterocycles. The number of nitrogens with zero attached hydrogens (tertiary/aromatic N) is 1. The molecule has 0 aromatic heterocycles. The summed E-state index contributed by atoms with van der Waals surface area (Å²) in [5.41, 5.74) is 6.59. The quantitative estimate of drug-likeness (QED) is 0.925. The lowest BCUT2D eigenvalue weighted by atomic mass is 9.74. The summed E-state index contributed by atoms with van der Waals surface area (Å²) >= 11 is 0. The van der Waals surface area contributed by atoms with Gasteiger partial charge in [0.2, 0.25) is 0 Å². The van der Waals surface area contributed by atoms with E-state index in [-0.39, 0.29) is 6.04 Å². The van der Waals surface area contributed by atoms with Gasteiger partial charge in [0, 0.05) is 25.2 Å². The summed E-state index contributed by atoms with van der Waals surface area (Å²) in [6.07, 6.45) is 6.50. The number of hydrogen-bond acceptors (Lipinski definition) is 2. The van der Waals surface area contributed by atoms with Crippen molar-refractivity contribution in [1.82, 2.24) is 4.90 Å². The average Bonchev–Trinajstić information content (AvgIpc) is 2.47. The molecule has 2 N–H and O–H groups in total. The van der Waals surface area contributed by atoms with Crippen molar-refractivity contribution in [1.29, 1.82) is 0 Å². The summed E-state index contributed by atoms with van der Waals surface area (Å²) in [6, 6.07) is 3.70. The minimum absolute atomic E-state index is 0.0712. The van der Waals surface area contributed by atoms with Gasteiger partial charge >= 0.3 is 0 Å². The van der Waals surface area contributed by atoms with Gasteiger partial charge in [0.15, 0.2) is 0 Å². The van der Waals surface area contributed by atoms with Crippen molar-refractivity contribution in [3.8, 4) is 0 Å². The van der Waals surface area contributed by atoms with Crippen LogP contribution in [0.2, 0.25) is 0 Å². The molecule has 21 heavy (non-hydrogen) atoms. The van der Waals surface area contributed by atoms with E-state index in [1.165, 1.54) is 44.2 Å². The third kappa shape index (κ3) is 3.27. The fraction of sp³-hybridized carbons (Fsp3) is 0.647. The zero-order valence-corrected chi connectivity index (χ0v) is 12.4. The van der Waals surface area contributed by atoms with Crippen molar-refractivity contribution >= 4 is 0 Å². The van der Waals surface area contributed by atoms with E-state index in [1.807, 2.05) is 0 Å². The Labute approximate surface area is 125 Å². The Morgan fingerprint density at radius 1 is 1.05 bits per heavy atom. The fourth-order valence-corrected chi connectivity index (χ4v) is 4.18. The molecule has 1 aromatic rings. The van der Waals surface area contributed by atoms with E-state index in [1.54, 1.807) is 0 Å². The molecule has 0 radical (unpaired) electrons. The average molecular weight is 294 g/mol. The van der Waals surface area contributed by atoms with Crippen LogP contribution in [0.15, 0.2) is 18.2 Å². The Morgan fingerprint density at radius 3 is 2.38 bits per heavy atom. The molecule has 1 heterocycles. The standard InChI is InChI=1S/C17H24F2N2/c18-15-7-14(8-16(19)9-15)17(10-20)21-6-5-12-3-1-2-4-13(12)11-21/h7-9,12-13,17H,1-6,10-11,20H2. The van der Waals surface area contributed by atoms with Crippen LogP contribution in [0.1, 0.15) is 43.7 Å². The van der Waals surface area contributed by atoms with Crippen LogP contribution in [-0.4, -0.2) is 24.5 Å². The fourth-order valence-electron chi connectivity index (χ4n) is 4.18. The molecule has 1 saturated carbocycles. The number of likely N-dealkylation sites (tertiary alicyclic amines) is 1. The third-order valence-electron chi connectivity index (χ3n) is 5.26. The van der Waals surface area contributed by atoms with Crippen LogP contribution in [0.3, 0.4) is 0 Å². The normalized spacial score (nSPS) is 28.1. The molecule has 3 unspecified atom stereocenters. The first kappa shape index (κ1) is 14.9. The van der Waals surface area contributed by atoms with Crippen LogP contribution in [0.25, 0.3) is 0 Å². The molecule has 0 spiro atoms. The highest BCUT2D eigenvalue weighted by Gasteiger charge is 2.34. The lowest BCUT2D eigenvalue weighted by Gasteiger charge is -2.44. The van der Waals surface area contributed by atoms with Gasteiger partial charge < -0.3 is 5.73 Å². The van der Waals surface area contributed by atoms with Gasteiger partial charge in [-0.1, -0.05) is 19.3 Å². The maximum atomic E-state index is 13.5. The van der Waals surface area contributed by atoms with E-state index in [9.17, 15) is 8.78 Å². The van der Waals surface area contributed by atoms with Crippen molar-refractivity contribution in [2.75, 3.05) is 19.6 Å². The Morgan fingerprint density at radius 2 is 1.71 bits per heavy atom. The Hall–Kier alpha value is -1.00. The van der Waals surface area contributed by atoms with Gasteiger partial charge in [0.1, 0.15) is 11.6 Å². The molecule has 2 fully saturated rings. The summed E-state index contributed by atoms with van der Waals surface area (Å²) in [6.45, 7) is 2.41. The minimum atomic E-state index is -0.518. The van der Waals surface area contributed by atoms with Gasteiger partial charge in [-0.2, -0.15) is 0 Å². The summed E-state index contributed by atoms with van der Waals surface area (Å²) in [5.74, 6) is 0.546. The molecular formula is C17H24F2N2. The number of benzene rings is 1. The zero-order chi connectivity index (χ0) is 14.8. The number of piperidine rings is 1. The van der Waals surface area contributed by atoms with E-state index >= 15 is 0 Å². The maximum absolute atomic E-state index is 13.5. The number of halogens is 2. The van der Waals surface area contributed by atoms with E-state index < -0.39 is 11.6 Å². The van der Waals surface area contributed by atoms with Gasteiger partial charge in [0.05, 0.1) is 0 Å². The first-order valence-corrected chi connectivity index (χ1v) is 8.07. The Kier molecular flexibility index (Phi) is 4.55. The Balaban J connectivity index is 1.76. The smallest absolute Gasteiger partial charge is 0.126 e. The van der Waals surface area contributed by atoms with Gasteiger partial charge in [-0.3, -0.25) is 4.90 Å². The van der Waals surface area contributed by atoms with E-state index in [0.29, 0.717) is 12.1 Å². The highest BCUT2D eigenvalue weighted by atomic mass is 19.1. The predicted molar refractivity (Wildman–Crippen MR) is 79.8 cm³/mol. The number of nitrogens with two attached hydrogens (primary N) is 1. The molecule has 1 aliphatic heterocycles. The largest absolute Gasteiger partial charge is 0.329 e. The topological polar surface area (TPSA) is 29.3 Å². The molecule has 3 atom stereocenters. The van der Waals surface area contributed by atoms with Crippen molar-refractivity contribution in [2.24, 2.45) is 17.6 Å². The van der Waals surface area contributed by atoms with Crippen molar-refractivity contribution in [3.63, 3.8) is 0 Å². The zero-order valence-electron chi connectivity index (χ0n) is 12.4. The number of hydrogen-bond donors (Lipinski definition) is 1. The minimum Gasteiger partial charge on any atom is -0.329 e. The predicted octanol–water partition coefficient (Wildman–Crippen LogP) is 3.48. The van der Waals surface area contributed by atoms with Gasteiger partial charge in [-0.05, 0) is 48.9 Å². The van der Waals surface area contributed by atoms with Crippen molar-refractivity contribution in [2.45, 2.75) is 38.1 Å². The van der Waals surface area contributed by atoms with Crippen LogP contribution in [0.4, 0.5) is 8.78 Å². The van der Waals surface area contributed by atoms with Crippen LogP contribution < -0.4 is 5.73 Å². The molecule has 1 aromatic carbocycles. The van der Waals surface area contributed by atoms with E-state index in [0.717, 1.165) is 31.0 Å². The van der Waals surface area contributed by atoms with E-state index in [2.05, 4.69) is 4.90 Å². The number of rotatable bonds is 3. The molecule has 116 valence electrons. The molecule has 2 aliphatic rings. The molecule has 3 rings (SSSR count). The second-order valence-electron chi connectivity index (χ2n) is 6.54. The van der Waals surface area contributed by atoms with E-state index in [4.69, 9.17) is 5.73 Å². The lowest BCUT2D eigenvalue weighted by molar-refractivity contribution is 0.0584. The number of fused-ring (bicyclic) bond motifs is 1. The monoisotopic (exact) mass is 294 g/mol. The molecule has 0 amide bonds. The maximum Gasteiger partial charge on any atom is 0.126 e. The molecule has 1 aliphatic carbocycles. The second kappa shape index (κ2) is 6.41. The molecule has 2 nitrogen and oxygen atoms in total.